The summed E-state index contributed by atoms with van der Waals surface area (Å²) in [5.74, 6) is 0.690. The molecule has 0 bridgehead atoms. The first kappa shape index (κ1) is 17.6. The molecule has 0 radical (unpaired) electrons. The zero-order valence-electron chi connectivity index (χ0n) is 16.5. The lowest BCUT2D eigenvalue weighted by molar-refractivity contribution is 0.208. The van der Waals surface area contributed by atoms with Gasteiger partial charge in [-0.15, -0.1) is 0 Å². The number of aryl methyl sites for hydroxylation is 1. The van der Waals surface area contributed by atoms with Crippen LogP contribution in [0.3, 0.4) is 0 Å². The normalized spacial score (nSPS) is 16.3. The number of rotatable bonds is 6. The number of nitrogens with one attached hydrogen (secondary N) is 2. The Bertz CT molecular complexity index is 1020. The molecule has 4 aromatic rings. The smallest absolute Gasteiger partial charge is 0.0456 e. The van der Waals surface area contributed by atoms with E-state index in [1.165, 1.54) is 84.8 Å². The summed E-state index contributed by atoms with van der Waals surface area (Å²) in [4.78, 5) is 9.70. The lowest BCUT2D eigenvalue weighted by Gasteiger charge is -2.31. The van der Waals surface area contributed by atoms with E-state index in [1.54, 1.807) is 0 Å². The fourth-order valence-electron chi connectivity index (χ4n) is 4.77. The zero-order valence-corrected chi connectivity index (χ0v) is 16.5. The number of hydrogen-bond acceptors (Lipinski definition) is 1. The lowest BCUT2D eigenvalue weighted by Crippen LogP contribution is -2.33. The molecule has 3 heteroatoms. The molecular formula is C25H29N3. The molecule has 1 aliphatic heterocycles. The first-order chi connectivity index (χ1) is 13.9. The maximum atomic E-state index is 3.64. The van der Waals surface area contributed by atoms with Crippen molar-refractivity contribution in [1.82, 2.24) is 14.9 Å². The number of benzene rings is 2. The number of piperidine rings is 1. The molecule has 2 N–H and O–H groups in total. The molecule has 0 saturated carbocycles. The van der Waals surface area contributed by atoms with E-state index >= 15 is 0 Å². The van der Waals surface area contributed by atoms with E-state index in [0.717, 1.165) is 0 Å². The van der Waals surface area contributed by atoms with Crippen LogP contribution in [0.1, 0.15) is 42.9 Å². The average Bonchev–Trinajstić information content (AvgIpc) is 3.36. The number of hydrogen-bond donors (Lipinski definition) is 2. The van der Waals surface area contributed by atoms with Crippen molar-refractivity contribution < 1.29 is 0 Å². The summed E-state index contributed by atoms with van der Waals surface area (Å²) in [6, 6.07) is 19.6. The largest absolute Gasteiger partial charge is 0.361 e. The van der Waals surface area contributed by atoms with Crippen molar-refractivity contribution in [2.24, 2.45) is 0 Å². The summed E-state index contributed by atoms with van der Waals surface area (Å²) in [5, 5.41) is 2.74. The number of para-hydroxylation sites is 2. The van der Waals surface area contributed by atoms with Crippen molar-refractivity contribution in [3.63, 3.8) is 0 Å². The molecule has 144 valence electrons. The van der Waals surface area contributed by atoms with E-state index in [0.29, 0.717) is 5.92 Å². The van der Waals surface area contributed by atoms with Crippen LogP contribution < -0.4 is 0 Å². The van der Waals surface area contributed by atoms with E-state index < -0.39 is 0 Å². The molecule has 3 nitrogen and oxygen atoms in total. The Labute approximate surface area is 166 Å². The zero-order chi connectivity index (χ0) is 18.8. The average molecular weight is 372 g/mol. The van der Waals surface area contributed by atoms with Gasteiger partial charge in [0.15, 0.2) is 0 Å². The third kappa shape index (κ3) is 3.59. The Balaban J connectivity index is 1.09. The molecule has 0 atom stereocenters. The van der Waals surface area contributed by atoms with Crippen LogP contribution in [0.4, 0.5) is 0 Å². The molecule has 0 unspecified atom stereocenters. The highest BCUT2D eigenvalue weighted by atomic mass is 15.1. The number of fused-ring (bicyclic) bond motifs is 2. The summed E-state index contributed by atoms with van der Waals surface area (Å²) in [6.45, 7) is 3.70. The molecule has 5 rings (SSSR count). The van der Waals surface area contributed by atoms with Crippen LogP contribution in [-0.4, -0.2) is 34.5 Å². The minimum atomic E-state index is 0.690. The topological polar surface area (TPSA) is 34.8 Å². The van der Waals surface area contributed by atoms with Crippen LogP contribution >= 0.6 is 0 Å². The minimum Gasteiger partial charge on any atom is -0.361 e. The Morgan fingerprint density at radius 1 is 0.893 bits per heavy atom. The van der Waals surface area contributed by atoms with Crippen molar-refractivity contribution in [1.29, 1.82) is 0 Å². The van der Waals surface area contributed by atoms with Gasteiger partial charge in [0.25, 0.3) is 0 Å². The van der Waals surface area contributed by atoms with Crippen LogP contribution in [-0.2, 0) is 6.42 Å². The van der Waals surface area contributed by atoms with Crippen molar-refractivity contribution in [3.8, 4) is 0 Å². The lowest BCUT2D eigenvalue weighted by atomic mass is 9.93. The third-order valence-corrected chi connectivity index (χ3v) is 6.42. The van der Waals surface area contributed by atoms with Crippen LogP contribution in [0, 0.1) is 0 Å². The van der Waals surface area contributed by atoms with Gasteiger partial charge < -0.3 is 14.9 Å². The number of aromatic nitrogens is 2. The van der Waals surface area contributed by atoms with Crippen LogP contribution in [0.15, 0.2) is 60.8 Å². The van der Waals surface area contributed by atoms with E-state index in [-0.39, 0.29) is 0 Å². The third-order valence-electron chi connectivity index (χ3n) is 6.42. The van der Waals surface area contributed by atoms with Crippen LogP contribution in [0.5, 0.6) is 0 Å². The van der Waals surface area contributed by atoms with Gasteiger partial charge in [0.1, 0.15) is 0 Å². The summed E-state index contributed by atoms with van der Waals surface area (Å²) in [6.07, 6.45) is 8.47. The number of H-pyrrole nitrogens is 2. The number of nitrogens with zero attached hydrogens (tertiary/aromatic N) is 1. The maximum absolute atomic E-state index is 3.64. The van der Waals surface area contributed by atoms with E-state index in [9.17, 15) is 0 Å². The summed E-state index contributed by atoms with van der Waals surface area (Å²) < 4.78 is 0. The van der Waals surface area contributed by atoms with Gasteiger partial charge in [-0.05, 0) is 80.9 Å². The molecule has 0 spiro atoms. The van der Waals surface area contributed by atoms with E-state index in [1.807, 2.05) is 0 Å². The molecular weight excluding hydrogens is 342 g/mol. The molecule has 2 aromatic heterocycles. The highest BCUT2D eigenvalue weighted by molar-refractivity contribution is 5.83. The molecule has 0 aliphatic carbocycles. The molecule has 1 aliphatic rings. The second kappa shape index (κ2) is 7.84. The minimum absolute atomic E-state index is 0.690. The summed E-state index contributed by atoms with van der Waals surface area (Å²) >= 11 is 0. The Kier molecular flexibility index (Phi) is 4.92. The van der Waals surface area contributed by atoms with Crippen LogP contribution in [0.25, 0.3) is 21.8 Å². The summed E-state index contributed by atoms with van der Waals surface area (Å²) in [5.41, 5.74) is 5.43. The van der Waals surface area contributed by atoms with Gasteiger partial charge in [0, 0.05) is 34.2 Å². The molecule has 0 amide bonds. The van der Waals surface area contributed by atoms with Gasteiger partial charge >= 0.3 is 0 Å². The first-order valence-electron chi connectivity index (χ1n) is 10.7. The number of likely N-dealkylation sites (tertiary alicyclic amines) is 1. The number of aromatic amines is 2. The van der Waals surface area contributed by atoms with Gasteiger partial charge in [-0.2, -0.15) is 0 Å². The Hall–Kier alpha value is -2.52. The highest BCUT2D eigenvalue weighted by Crippen LogP contribution is 2.30. The van der Waals surface area contributed by atoms with Crippen molar-refractivity contribution in [3.05, 3.63) is 72.1 Å². The van der Waals surface area contributed by atoms with Crippen LogP contribution in [0.2, 0.25) is 0 Å². The second-order valence-corrected chi connectivity index (χ2v) is 8.24. The predicted octanol–water partition coefficient (Wildman–Crippen LogP) is 5.85. The van der Waals surface area contributed by atoms with Gasteiger partial charge in [0.05, 0.1) is 0 Å². The second-order valence-electron chi connectivity index (χ2n) is 8.24. The molecule has 2 aromatic carbocycles. The van der Waals surface area contributed by atoms with Gasteiger partial charge in [-0.3, -0.25) is 0 Å². The van der Waals surface area contributed by atoms with Gasteiger partial charge in [-0.1, -0.05) is 36.4 Å². The predicted molar refractivity (Wildman–Crippen MR) is 118 cm³/mol. The number of unbranched alkanes of at least 4 members (excludes halogenated alkanes) is 1. The molecule has 28 heavy (non-hydrogen) atoms. The fourth-order valence-corrected chi connectivity index (χ4v) is 4.77. The Morgan fingerprint density at radius 2 is 1.68 bits per heavy atom. The van der Waals surface area contributed by atoms with Gasteiger partial charge in [-0.25, -0.2) is 0 Å². The monoisotopic (exact) mass is 371 g/mol. The molecule has 1 fully saturated rings. The maximum Gasteiger partial charge on any atom is 0.0456 e. The van der Waals surface area contributed by atoms with Gasteiger partial charge in [0.2, 0.25) is 0 Å². The Morgan fingerprint density at radius 3 is 2.54 bits per heavy atom. The van der Waals surface area contributed by atoms with E-state index in [4.69, 9.17) is 0 Å². The highest BCUT2D eigenvalue weighted by Gasteiger charge is 2.21. The standard InChI is InChI=1S/C25H29N3/c1-3-10-23-20(7-1)17-25(27-23)19-12-15-28(16-13-19)14-6-5-8-21-18-26-24-11-4-2-9-22(21)24/h1-4,7,9-11,17-19,26-27H,5-6,8,12-16H2. The van der Waals surface area contributed by atoms with Crippen molar-refractivity contribution in [2.45, 2.75) is 38.0 Å². The van der Waals surface area contributed by atoms with Crippen molar-refractivity contribution in [2.75, 3.05) is 19.6 Å². The first-order valence-corrected chi connectivity index (χ1v) is 10.7. The fraction of sp³-hybridized carbons (Fsp3) is 0.360. The van der Waals surface area contributed by atoms with Crippen molar-refractivity contribution >= 4 is 21.8 Å². The molecule has 3 heterocycles. The quantitative estimate of drug-likeness (QED) is 0.410. The SMILES string of the molecule is c1ccc2[nH]c(C3CCN(CCCCc4c[nH]c5ccccc45)CC3)cc2c1. The summed E-state index contributed by atoms with van der Waals surface area (Å²) in [7, 11) is 0. The van der Waals surface area contributed by atoms with E-state index in [2.05, 4.69) is 75.7 Å². The molecule has 1 saturated heterocycles.